The van der Waals surface area contributed by atoms with Crippen molar-refractivity contribution in [3.05, 3.63) is 30.3 Å². The predicted molar refractivity (Wildman–Crippen MR) is 110 cm³/mol. The first-order chi connectivity index (χ1) is 13.8. The molecule has 168 valence electrons. The van der Waals surface area contributed by atoms with Crippen LogP contribution in [0.3, 0.4) is 0 Å². The van der Waals surface area contributed by atoms with Crippen molar-refractivity contribution in [2.24, 2.45) is 0 Å². The molecule has 0 saturated carbocycles. The number of carboxylic acids is 1. The zero-order chi connectivity index (χ0) is 22.1. The SMILES string of the molecule is CN(CCCCCC(=O)O)S(=O)(=O)c1ccccc1.OCCN(CCO)CCO. The van der Waals surface area contributed by atoms with E-state index in [9.17, 15) is 13.2 Å². The molecule has 1 rings (SSSR count). The first kappa shape index (κ1) is 27.4. The summed E-state index contributed by atoms with van der Waals surface area (Å²) in [5, 5.41) is 33.9. The normalized spacial score (nSPS) is 11.4. The Morgan fingerprint density at radius 2 is 1.38 bits per heavy atom. The van der Waals surface area contributed by atoms with Gasteiger partial charge in [-0.1, -0.05) is 24.6 Å². The van der Waals surface area contributed by atoms with E-state index in [0.717, 1.165) is 0 Å². The summed E-state index contributed by atoms with van der Waals surface area (Å²) in [7, 11) is -1.88. The van der Waals surface area contributed by atoms with Crippen LogP contribution in [0.5, 0.6) is 0 Å². The number of hydrogen-bond donors (Lipinski definition) is 4. The Bertz CT molecular complexity index is 627. The number of unbranched alkanes of at least 4 members (excludes halogenated alkanes) is 2. The van der Waals surface area contributed by atoms with Gasteiger partial charge in [-0.15, -0.1) is 0 Å². The van der Waals surface area contributed by atoms with E-state index >= 15 is 0 Å². The van der Waals surface area contributed by atoms with E-state index in [4.69, 9.17) is 20.4 Å². The quantitative estimate of drug-likeness (QED) is 0.305. The molecule has 0 saturated heterocycles. The van der Waals surface area contributed by atoms with Crippen LogP contribution in [0.25, 0.3) is 0 Å². The summed E-state index contributed by atoms with van der Waals surface area (Å²) in [6, 6.07) is 8.28. The maximum atomic E-state index is 12.1. The average molecular weight is 435 g/mol. The number of sulfonamides is 1. The van der Waals surface area contributed by atoms with Gasteiger partial charge in [-0.2, -0.15) is 0 Å². The van der Waals surface area contributed by atoms with Crippen molar-refractivity contribution in [3.63, 3.8) is 0 Å². The second-order valence-electron chi connectivity index (χ2n) is 6.36. The first-order valence-electron chi connectivity index (χ1n) is 9.57. The van der Waals surface area contributed by atoms with Gasteiger partial charge < -0.3 is 20.4 Å². The number of rotatable bonds is 14. The Balaban J connectivity index is 0.000000665. The monoisotopic (exact) mass is 434 g/mol. The highest BCUT2D eigenvalue weighted by atomic mass is 32.2. The fourth-order valence-electron chi connectivity index (χ4n) is 2.44. The molecule has 0 aliphatic rings. The van der Waals surface area contributed by atoms with Crippen LogP contribution in [-0.4, -0.2) is 97.1 Å². The Labute approximate surface area is 173 Å². The topological polar surface area (TPSA) is 139 Å². The molecule has 0 bridgehead atoms. The lowest BCUT2D eigenvalue weighted by atomic mass is 10.2. The minimum absolute atomic E-state index is 0.0694. The zero-order valence-electron chi connectivity index (χ0n) is 17.0. The van der Waals surface area contributed by atoms with Crippen molar-refractivity contribution in [3.8, 4) is 0 Å². The molecule has 0 radical (unpaired) electrons. The minimum Gasteiger partial charge on any atom is -0.481 e. The maximum absolute atomic E-state index is 12.1. The van der Waals surface area contributed by atoms with Gasteiger partial charge in [0.2, 0.25) is 10.0 Å². The Morgan fingerprint density at radius 3 is 1.83 bits per heavy atom. The van der Waals surface area contributed by atoms with Gasteiger partial charge in [0.25, 0.3) is 0 Å². The molecule has 0 aromatic heterocycles. The molecule has 0 aliphatic heterocycles. The molecule has 0 fully saturated rings. The highest BCUT2D eigenvalue weighted by molar-refractivity contribution is 7.89. The highest BCUT2D eigenvalue weighted by Crippen LogP contribution is 2.14. The van der Waals surface area contributed by atoms with Crippen LogP contribution >= 0.6 is 0 Å². The molecule has 9 nitrogen and oxygen atoms in total. The Morgan fingerprint density at radius 1 is 0.862 bits per heavy atom. The summed E-state index contributed by atoms with van der Waals surface area (Å²) in [6.07, 6.45) is 2.08. The van der Waals surface area contributed by atoms with E-state index in [1.807, 2.05) is 0 Å². The van der Waals surface area contributed by atoms with E-state index in [0.29, 0.717) is 45.4 Å². The van der Waals surface area contributed by atoms with Gasteiger partial charge >= 0.3 is 5.97 Å². The van der Waals surface area contributed by atoms with Crippen LogP contribution in [0.1, 0.15) is 25.7 Å². The van der Waals surface area contributed by atoms with Crippen molar-refractivity contribution in [2.45, 2.75) is 30.6 Å². The van der Waals surface area contributed by atoms with Gasteiger partial charge in [0.15, 0.2) is 0 Å². The van der Waals surface area contributed by atoms with Gasteiger partial charge in [-0.05, 0) is 25.0 Å². The smallest absolute Gasteiger partial charge is 0.303 e. The fraction of sp³-hybridized carbons (Fsp3) is 0.632. The van der Waals surface area contributed by atoms with Crippen LogP contribution in [0.4, 0.5) is 0 Å². The molecule has 0 spiro atoms. The molecule has 0 amide bonds. The third-order valence-electron chi connectivity index (χ3n) is 4.06. The Kier molecular flexibility index (Phi) is 15.4. The number of carboxylic acid groups (broad SMARTS) is 1. The lowest BCUT2D eigenvalue weighted by Crippen LogP contribution is -2.32. The number of hydrogen-bond acceptors (Lipinski definition) is 7. The molecular formula is C19H34N2O7S. The van der Waals surface area contributed by atoms with Gasteiger partial charge in [0.05, 0.1) is 24.7 Å². The number of nitrogens with zero attached hydrogens (tertiary/aromatic N) is 2. The fourth-order valence-corrected chi connectivity index (χ4v) is 3.67. The van der Waals surface area contributed by atoms with Crippen LogP contribution in [-0.2, 0) is 14.8 Å². The van der Waals surface area contributed by atoms with Gasteiger partial charge in [-0.25, -0.2) is 12.7 Å². The second-order valence-corrected chi connectivity index (χ2v) is 8.40. The maximum Gasteiger partial charge on any atom is 0.303 e. The summed E-state index contributed by atoms with van der Waals surface area (Å²) in [5.74, 6) is -0.815. The summed E-state index contributed by atoms with van der Waals surface area (Å²) in [6.45, 7) is 2.15. The lowest BCUT2D eigenvalue weighted by molar-refractivity contribution is -0.137. The number of aliphatic hydroxyl groups is 3. The van der Waals surface area contributed by atoms with E-state index in [1.54, 1.807) is 42.3 Å². The minimum atomic E-state index is -3.43. The number of aliphatic hydroxyl groups excluding tert-OH is 3. The highest BCUT2D eigenvalue weighted by Gasteiger charge is 2.19. The summed E-state index contributed by atoms with van der Waals surface area (Å²) < 4.78 is 25.6. The predicted octanol–water partition coefficient (Wildman–Crippen LogP) is 0.217. The Hall–Kier alpha value is -1.56. The average Bonchev–Trinajstić information content (AvgIpc) is 2.69. The molecule has 10 heteroatoms. The number of carbonyl (C=O) groups is 1. The van der Waals surface area contributed by atoms with E-state index < -0.39 is 16.0 Å². The molecule has 1 aromatic rings. The van der Waals surface area contributed by atoms with Crippen molar-refractivity contribution >= 4 is 16.0 Å². The standard InChI is InChI=1S/C13H19NO4S.C6H15NO3/c1-14(11-7-3-6-10-13(15)16)19(17,18)12-8-4-2-5-9-12;8-4-1-7(2-5-9)3-6-10/h2,4-5,8-9H,3,6-7,10-11H2,1H3,(H,15,16);8-10H,1-6H2. The second kappa shape index (κ2) is 16.3. The number of benzene rings is 1. The molecule has 4 N–H and O–H groups in total. The van der Waals surface area contributed by atoms with Crippen LogP contribution in [0.15, 0.2) is 35.2 Å². The van der Waals surface area contributed by atoms with Crippen molar-refractivity contribution in [2.75, 3.05) is 53.0 Å². The van der Waals surface area contributed by atoms with Crippen molar-refractivity contribution in [1.29, 1.82) is 0 Å². The van der Waals surface area contributed by atoms with Crippen LogP contribution in [0, 0.1) is 0 Å². The van der Waals surface area contributed by atoms with E-state index in [2.05, 4.69) is 0 Å². The lowest BCUT2D eigenvalue weighted by Gasteiger charge is -2.17. The molecular weight excluding hydrogens is 400 g/mol. The third-order valence-corrected chi connectivity index (χ3v) is 5.93. The van der Waals surface area contributed by atoms with Gasteiger partial charge in [0.1, 0.15) is 0 Å². The number of aliphatic carboxylic acids is 1. The first-order valence-corrected chi connectivity index (χ1v) is 11.0. The van der Waals surface area contributed by atoms with Crippen molar-refractivity contribution in [1.82, 2.24) is 9.21 Å². The van der Waals surface area contributed by atoms with Crippen LogP contribution < -0.4 is 0 Å². The summed E-state index contributed by atoms with van der Waals surface area (Å²) >= 11 is 0. The molecule has 0 unspecified atom stereocenters. The zero-order valence-corrected chi connectivity index (χ0v) is 17.8. The van der Waals surface area contributed by atoms with Gasteiger partial charge in [0, 0.05) is 39.6 Å². The van der Waals surface area contributed by atoms with E-state index in [-0.39, 0.29) is 31.1 Å². The summed E-state index contributed by atoms with van der Waals surface area (Å²) in [4.78, 5) is 12.4. The molecule has 29 heavy (non-hydrogen) atoms. The molecule has 0 atom stereocenters. The molecule has 0 heterocycles. The third kappa shape index (κ3) is 12.6. The largest absolute Gasteiger partial charge is 0.481 e. The molecule has 0 aliphatic carbocycles. The van der Waals surface area contributed by atoms with Crippen LogP contribution in [0.2, 0.25) is 0 Å². The van der Waals surface area contributed by atoms with Crippen molar-refractivity contribution < 1.29 is 33.6 Å². The van der Waals surface area contributed by atoms with E-state index in [1.165, 1.54) is 4.31 Å². The molecule has 1 aromatic carbocycles. The summed E-state index contributed by atoms with van der Waals surface area (Å²) in [5.41, 5.74) is 0. The van der Waals surface area contributed by atoms with Gasteiger partial charge in [-0.3, -0.25) is 9.69 Å².